The van der Waals surface area contributed by atoms with Gasteiger partial charge in [0.05, 0.1) is 5.69 Å². The first kappa shape index (κ1) is 16.2. The molecule has 2 rings (SSSR count). The van der Waals surface area contributed by atoms with Crippen molar-refractivity contribution < 1.29 is 8.78 Å². The lowest BCUT2D eigenvalue weighted by molar-refractivity contribution is 0.128. The van der Waals surface area contributed by atoms with Crippen molar-refractivity contribution in [1.29, 1.82) is 0 Å². The number of piperazine rings is 1. The lowest BCUT2D eigenvalue weighted by Crippen LogP contribution is -2.53. The molecule has 0 aromatic heterocycles. The van der Waals surface area contributed by atoms with Crippen molar-refractivity contribution in [2.75, 3.05) is 37.6 Å². The maximum Gasteiger partial charge on any atom is 0.182 e. The summed E-state index contributed by atoms with van der Waals surface area (Å²) in [4.78, 5) is 4.29. The van der Waals surface area contributed by atoms with E-state index in [1.54, 1.807) is 12.1 Å². The highest BCUT2D eigenvalue weighted by atomic mass is 19.2. The van der Waals surface area contributed by atoms with Crippen LogP contribution >= 0.6 is 0 Å². The molecular formula is C16H25F2N3. The van der Waals surface area contributed by atoms with E-state index in [1.165, 1.54) is 0 Å². The molecule has 118 valence electrons. The molecule has 0 saturated carbocycles. The van der Waals surface area contributed by atoms with Gasteiger partial charge >= 0.3 is 0 Å². The van der Waals surface area contributed by atoms with Gasteiger partial charge in [-0.25, -0.2) is 8.78 Å². The monoisotopic (exact) mass is 297 g/mol. The van der Waals surface area contributed by atoms with Crippen LogP contribution in [-0.2, 0) is 6.42 Å². The largest absolute Gasteiger partial charge is 0.367 e. The van der Waals surface area contributed by atoms with Crippen LogP contribution in [0.3, 0.4) is 0 Å². The molecule has 1 fully saturated rings. The molecule has 1 aliphatic heterocycles. The molecule has 1 heterocycles. The Labute approximate surface area is 125 Å². The third-order valence-electron chi connectivity index (χ3n) is 4.12. The fourth-order valence-electron chi connectivity index (χ4n) is 2.79. The number of benzene rings is 1. The van der Waals surface area contributed by atoms with Crippen LogP contribution in [0.4, 0.5) is 14.5 Å². The average Bonchev–Trinajstić information content (AvgIpc) is 2.44. The molecule has 0 aliphatic carbocycles. The van der Waals surface area contributed by atoms with Gasteiger partial charge in [0, 0.05) is 31.7 Å². The summed E-state index contributed by atoms with van der Waals surface area (Å²) in [5.41, 5.74) is 6.24. The summed E-state index contributed by atoms with van der Waals surface area (Å²) < 4.78 is 28.2. The maximum absolute atomic E-state index is 14.2. The second-order valence-corrected chi connectivity index (χ2v) is 6.56. The van der Waals surface area contributed by atoms with Gasteiger partial charge < -0.3 is 10.6 Å². The zero-order valence-electron chi connectivity index (χ0n) is 13.1. The molecule has 1 aromatic carbocycles. The Bertz CT molecular complexity index is 489. The minimum atomic E-state index is -0.754. The summed E-state index contributed by atoms with van der Waals surface area (Å²) in [6, 6.07) is 3.33. The topological polar surface area (TPSA) is 32.5 Å². The van der Waals surface area contributed by atoms with Crippen LogP contribution < -0.4 is 10.6 Å². The highest BCUT2D eigenvalue weighted by Crippen LogP contribution is 2.26. The smallest absolute Gasteiger partial charge is 0.182 e. The molecule has 1 aromatic rings. The molecule has 5 heteroatoms. The van der Waals surface area contributed by atoms with Crippen molar-refractivity contribution in [3.05, 3.63) is 29.3 Å². The molecule has 0 spiro atoms. The van der Waals surface area contributed by atoms with Crippen LogP contribution in [0.15, 0.2) is 12.1 Å². The highest BCUT2D eigenvalue weighted by Gasteiger charge is 2.27. The summed E-state index contributed by atoms with van der Waals surface area (Å²) in [6.07, 6.45) is 0.362. The Morgan fingerprint density at radius 2 is 1.67 bits per heavy atom. The molecule has 0 unspecified atom stereocenters. The van der Waals surface area contributed by atoms with Gasteiger partial charge in [0.2, 0.25) is 0 Å². The maximum atomic E-state index is 14.2. The van der Waals surface area contributed by atoms with E-state index in [2.05, 4.69) is 25.7 Å². The normalized spacial score (nSPS) is 17.3. The Morgan fingerprint density at radius 1 is 1.05 bits per heavy atom. The number of nitrogens with two attached hydrogens (primary N) is 1. The first-order valence-electron chi connectivity index (χ1n) is 7.51. The zero-order valence-corrected chi connectivity index (χ0v) is 13.1. The number of hydrogen-bond donors (Lipinski definition) is 1. The van der Waals surface area contributed by atoms with Crippen LogP contribution in [0.5, 0.6) is 0 Å². The standard InChI is InChI=1S/C16H25F2N3/c1-16(2,3)21-10-8-20(9-11-21)13-5-4-12(6-7-19)14(17)15(13)18/h4-5H,6-11,19H2,1-3H3. The third kappa shape index (κ3) is 3.52. The zero-order chi connectivity index (χ0) is 15.6. The Hall–Kier alpha value is -1.20. The molecule has 0 amide bonds. The van der Waals surface area contributed by atoms with Crippen molar-refractivity contribution in [2.45, 2.75) is 32.7 Å². The average molecular weight is 297 g/mol. The molecule has 0 bridgehead atoms. The molecule has 21 heavy (non-hydrogen) atoms. The predicted molar refractivity (Wildman–Crippen MR) is 82.7 cm³/mol. The first-order chi connectivity index (χ1) is 9.84. The van der Waals surface area contributed by atoms with Crippen LogP contribution in [0, 0.1) is 11.6 Å². The van der Waals surface area contributed by atoms with E-state index in [9.17, 15) is 8.78 Å². The quantitative estimate of drug-likeness (QED) is 0.930. The second-order valence-electron chi connectivity index (χ2n) is 6.56. The summed E-state index contributed by atoms with van der Waals surface area (Å²) in [5, 5.41) is 0. The predicted octanol–water partition coefficient (Wildman–Crippen LogP) is 2.39. The Morgan fingerprint density at radius 3 is 2.19 bits per heavy atom. The fourth-order valence-corrected chi connectivity index (χ4v) is 2.79. The van der Waals surface area contributed by atoms with Crippen LogP contribution in [0.25, 0.3) is 0 Å². The van der Waals surface area contributed by atoms with Gasteiger partial charge in [-0.15, -0.1) is 0 Å². The third-order valence-corrected chi connectivity index (χ3v) is 4.12. The number of rotatable bonds is 3. The van der Waals surface area contributed by atoms with E-state index in [4.69, 9.17) is 5.73 Å². The fraction of sp³-hybridized carbons (Fsp3) is 0.625. The van der Waals surface area contributed by atoms with E-state index in [0.29, 0.717) is 37.3 Å². The molecule has 3 nitrogen and oxygen atoms in total. The van der Waals surface area contributed by atoms with E-state index in [-0.39, 0.29) is 5.54 Å². The SMILES string of the molecule is CC(C)(C)N1CCN(c2ccc(CCN)c(F)c2F)CC1. The van der Waals surface area contributed by atoms with Gasteiger partial charge in [-0.1, -0.05) is 6.07 Å². The van der Waals surface area contributed by atoms with Crippen LogP contribution in [0.2, 0.25) is 0 Å². The number of nitrogens with zero attached hydrogens (tertiary/aromatic N) is 2. The number of halogens is 2. The van der Waals surface area contributed by atoms with Crippen molar-refractivity contribution in [1.82, 2.24) is 4.90 Å². The molecular weight excluding hydrogens is 272 g/mol. The van der Waals surface area contributed by atoms with Crippen molar-refractivity contribution in [3.8, 4) is 0 Å². The van der Waals surface area contributed by atoms with Gasteiger partial charge in [-0.3, -0.25) is 4.90 Å². The van der Waals surface area contributed by atoms with Gasteiger partial charge in [0.25, 0.3) is 0 Å². The number of anilines is 1. The molecule has 0 atom stereocenters. The van der Waals surface area contributed by atoms with Crippen molar-refractivity contribution in [3.63, 3.8) is 0 Å². The lowest BCUT2D eigenvalue weighted by Gasteiger charge is -2.43. The molecule has 2 N–H and O–H groups in total. The molecule has 0 radical (unpaired) electrons. The Kier molecular flexibility index (Phi) is 4.84. The summed E-state index contributed by atoms with van der Waals surface area (Å²) in [6.45, 7) is 9.97. The van der Waals surface area contributed by atoms with Gasteiger partial charge in [-0.2, -0.15) is 0 Å². The molecule has 1 aliphatic rings. The van der Waals surface area contributed by atoms with Crippen LogP contribution in [0.1, 0.15) is 26.3 Å². The van der Waals surface area contributed by atoms with E-state index < -0.39 is 11.6 Å². The minimum Gasteiger partial charge on any atom is -0.367 e. The van der Waals surface area contributed by atoms with E-state index >= 15 is 0 Å². The van der Waals surface area contributed by atoms with Crippen molar-refractivity contribution in [2.24, 2.45) is 5.73 Å². The van der Waals surface area contributed by atoms with Crippen molar-refractivity contribution >= 4 is 5.69 Å². The second kappa shape index (κ2) is 6.28. The van der Waals surface area contributed by atoms with Gasteiger partial charge in [-0.05, 0) is 45.4 Å². The van der Waals surface area contributed by atoms with Crippen LogP contribution in [-0.4, -0.2) is 43.2 Å². The first-order valence-corrected chi connectivity index (χ1v) is 7.51. The minimum absolute atomic E-state index is 0.112. The van der Waals surface area contributed by atoms with Gasteiger partial charge in [0.1, 0.15) is 0 Å². The summed E-state index contributed by atoms with van der Waals surface area (Å²) in [7, 11) is 0. The summed E-state index contributed by atoms with van der Waals surface area (Å²) in [5.74, 6) is -1.50. The molecule has 1 saturated heterocycles. The lowest BCUT2D eigenvalue weighted by atomic mass is 10.0. The Balaban J connectivity index is 2.12. The van der Waals surface area contributed by atoms with Gasteiger partial charge in [0.15, 0.2) is 11.6 Å². The summed E-state index contributed by atoms with van der Waals surface area (Å²) >= 11 is 0. The highest BCUT2D eigenvalue weighted by molar-refractivity contribution is 5.50. The number of hydrogen-bond acceptors (Lipinski definition) is 3. The van der Waals surface area contributed by atoms with E-state index in [1.807, 2.05) is 4.90 Å². The van der Waals surface area contributed by atoms with E-state index in [0.717, 1.165) is 13.1 Å².